The fourth-order valence-electron chi connectivity index (χ4n) is 3.40. The zero-order valence-electron chi connectivity index (χ0n) is 16.9. The third-order valence-electron chi connectivity index (χ3n) is 4.90. The maximum absolute atomic E-state index is 13.1. The lowest BCUT2D eigenvalue weighted by Gasteiger charge is -2.11. The SMILES string of the molecule is COc1ccc(C)cc1NC(=O)Cn1cnc2sc(-c3ccccc3)c(C)c2c1=O. The van der Waals surface area contributed by atoms with Crippen LogP contribution in [0.4, 0.5) is 5.69 Å². The van der Waals surface area contributed by atoms with Crippen LogP contribution in [0.3, 0.4) is 0 Å². The highest BCUT2D eigenvalue weighted by Gasteiger charge is 2.17. The Kier molecular flexibility index (Phi) is 5.37. The molecule has 7 heteroatoms. The van der Waals surface area contributed by atoms with Crippen molar-refractivity contribution in [1.82, 2.24) is 9.55 Å². The number of hydrogen-bond acceptors (Lipinski definition) is 5. The number of carbonyl (C=O) groups is 1. The Morgan fingerprint density at radius 3 is 2.67 bits per heavy atom. The smallest absolute Gasteiger partial charge is 0.262 e. The maximum atomic E-state index is 13.1. The van der Waals surface area contributed by atoms with Gasteiger partial charge in [0.1, 0.15) is 17.1 Å². The van der Waals surface area contributed by atoms with Crippen LogP contribution in [0.25, 0.3) is 20.7 Å². The predicted molar refractivity (Wildman–Crippen MR) is 120 cm³/mol. The number of rotatable bonds is 5. The van der Waals surface area contributed by atoms with Crippen molar-refractivity contribution in [2.45, 2.75) is 20.4 Å². The molecule has 1 N–H and O–H groups in total. The van der Waals surface area contributed by atoms with Crippen molar-refractivity contribution in [3.8, 4) is 16.2 Å². The molecule has 2 aromatic heterocycles. The molecule has 0 bridgehead atoms. The summed E-state index contributed by atoms with van der Waals surface area (Å²) in [5.74, 6) is 0.245. The Morgan fingerprint density at radius 2 is 1.93 bits per heavy atom. The van der Waals surface area contributed by atoms with Crippen LogP contribution in [0.1, 0.15) is 11.1 Å². The number of nitrogens with one attached hydrogen (secondary N) is 1. The second-order valence-electron chi connectivity index (χ2n) is 7.03. The number of anilines is 1. The standard InChI is InChI=1S/C23H21N3O3S/c1-14-9-10-18(29-3)17(11-14)25-19(27)12-26-13-24-22-20(23(26)28)15(2)21(30-22)16-7-5-4-6-8-16/h4-11,13H,12H2,1-3H3,(H,25,27). The molecule has 4 rings (SSSR count). The highest BCUT2D eigenvalue weighted by atomic mass is 32.1. The van der Waals surface area contributed by atoms with E-state index in [0.717, 1.165) is 21.6 Å². The van der Waals surface area contributed by atoms with Gasteiger partial charge in [0.15, 0.2) is 0 Å². The van der Waals surface area contributed by atoms with Gasteiger partial charge >= 0.3 is 0 Å². The molecule has 2 aromatic carbocycles. The van der Waals surface area contributed by atoms with E-state index < -0.39 is 0 Å². The summed E-state index contributed by atoms with van der Waals surface area (Å²) in [4.78, 5) is 31.8. The number of amides is 1. The van der Waals surface area contributed by atoms with Gasteiger partial charge in [-0.25, -0.2) is 4.98 Å². The van der Waals surface area contributed by atoms with E-state index in [1.54, 1.807) is 13.2 Å². The first-order chi connectivity index (χ1) is 14.5. The molecule has 0 aliphatic heterocycles. The number of thiophene rings is 1. The van der Waals surface area contributed by atoms with Crippen LogP contribution in [0, 0.1) is 13.8 Å². The minimum absolute atomic E-state index is 0.130. The summed E-state index contributed by atoms with van der Waals surface area (Å²) in [6.07, 6.45) is 1.43. The topological polar surface area (TPSA) is 73.2 Å². The number of benzene rings is 2. The normalized spacial score (nSPS) is 10.9. The van der Waals surface area contributed by atoms with Crippen molar-refractivity contribution in [2.24, 2.45) is 0 Å². The molecule has 0 saturated carbocycles. The number of hydrogen-bond donors (Lipinski definition) is 1. The summed E-state index contributed by atoms with van der Waals surface area (Å²) >= 11 is 1.49. The Balaban J connectivity index is 1.65. The molecule has 2 heterocycles. The number of carbonyl (C=O) groups excluding carboxylic acids is 1. The summed E-state index contributed by atoms with van der Waals surface area (Å²) in [7, 11) is 1.55. The van der Waals surface area contributed by atoms with Crippen LogP contribution in [0.15, 0.2) is 59.7 Å². The summed E-state index contributed by atoms with van der Waals surface area (Å²) in [5.41, 5.74) is 3.28. The average molecular weight is 420 g/mol. The molecule has 4 aromatic rings. The highest BCUT2D eigenvalue weighted by Crippen LogP contribution is 2.35. The van der Waals surface area contributed by atoms with E-state index in [9.17, 15) is 9.59 Å². The first kappa shape index (κ1) is 19.8. The van der Waals surface area contributed by atoms with Gasteiger partial charge in [-0.05, 0) is 42.7 Å². The molecular weight excluding hydrogens is 398 g/mol. The number of aryl methyl sites for hydroxylation is 2. The molecule has 0 aliphatic carbocycles. The van der Waals surface area contributed by atoms with Gasteiger partial charge in [-0.15, -0.1) is 11.3 Å². The van der Waals surface area contributed by atoms with Crippen LogP contribution in [0.2, 0.25) is 0 Å². The Hall–Kier alpha value is -3.45. The summed E-state index contributed by atoms with van der Waals surface area (Å²) < 4.78 is 6.64. The monoisotopic (exact) mass is 419 g/mol. The molecule has 0 radical (unpaired) electrons. The van der Waals surface area contributed by atoms with Crippen molar-refractivity contribution in [3.05, 3.63) is 76.3 Å². The van der Waals surface area contributed by atoms with Gasteiger partial charge in [0, 0.05) is 4.88 Å². The van der Waals surface area contributed by atoms with E-state index in [1.165, 1.54) is 22.2 Å². The second kappa shape index (κ2) is 8.12. The van der Waals surface area contributed by atoms with Crippen molar-refractivity contribution >= 4 is 33.1 Å². The van der Waals surface area contributed by atoms with E-state index in [-0.39, 0.29) is 18.0 Å². The Labute approximate surface area is 177 Å². The first-order valence-corrected chi connectivity index (χ1v) is 10.3. The van der Waals surface area contributed by atoms with Crippen LogP contribution in [-0.4, -0.2) is 22.6 Å². The third-order valence-corrected chi connectivity index (χ3v) is 6.15. The Morgan fingerprint density at radius 1 is 1.17 bits per heavy atom. The van der Waals surface area contributed by atoms with Gasteiger partial charge in [0.2, 0.25) is 5.91 Å². The van der Waals surface area contributed by atoms with E-state index >= 15 is 0 Å². The van der Waals surface area contributed by atoms with Crippen LogP contribution in [-0.2, 0) is 11.3 Å². The lowest BCUT2D eigenvalue weighted by molar-refractivity contribution is -0.116. The van der Waals surface area contributed by atoms with E-state index in [1.807, 2.05) is 56.3 Å². The molecule has 0 unspecified atom stereocenters. The summed E-state index contributed by atoms with van der Waals surface area (Å²) in [6.45, 7) is 3.72. The molecular formula is C23H21N3O3S. The van der Waals surface area contributed by atoms with Crippen LogP contribution >= 0.6 is 11.3 Å². The number of methoxy groups -OCH3 is 1. The first-order valence-electron chi connectivity index (χ1n) is 9.46. The number of fused-ring (bicyclic) bond motifs is 1. The molecule has 0 atom stereocenters. The van der Waals surface area contributed by atoms with Crippen molar-refractivity contribution in [2.75, 3.05) is 12.4 Å². The molecule has 152 valence electrons. The average Bonchev–Trinajstić information content (AvgIpc) is 3.08. The number of aromatic nitrogens is 2. The predicted octanol–water partition coefficient (Wildman–Crippen LogP) is 4.39. The fraction of sp³-hybridized carbons (Fsp3) is 0.174. The van der Waals surface area contributed by atoms with E-state index in [0.29, 0.717) is 21.7 Å². The van der Waals surface area contributed by atoms with Crippen molar-refractivity contribution < 1.29 is 9.53 Å². The van der Waals surface area contributed by atoms with Crippen LogP contribution in [0.5, 0.6) is 5.75 Å². The summed E-state index contributed by atoms with van der Waals surface area (Å²) in [6, 6.07) is 15.4. The van der Waals surface area contributed by atoms with Crippen molar-refractivity contribution in [3.63, 3.8) is 0 Å². The lowest BCUT2D eigenvalue weighted by atomic mass is 10.1. The van der Waals surface area contributed by atoms with Crippen molar-refractivity contribution in [1.29, 1.82) is 0 Å². The minimum Gasteiger partial charge on any atom is -0.495 e. The summed E-state index contributed by atoms with van der Waals surface area (Å²) in [5, 5.41) is 3.38. The maximum Gasteiger partial charge on any atom is 0.262 e. The largest absolute Gasteiger partial charge is 0.495 e. The molecule has 0 aliphatic rings. The molecule has 0 spiro atoms. The number of nitrogens with zero attached hydrogens (tertiary/aromatic N) is 2. The molecule has 0 fully saturated rings. The quantitative estimate of drug-likeness (QED) is 0.521. The molecule has 0 saturated heterocycles. The second-order valence-corrected chi connectivity index (χ2v) is 8.03. The number of ether oxygens (including phenoxy) is 1. The van der Waals surface area contributed by atoms with Crippen LogP contribution < -0.4 is 15.6 Å². The lowest BCUT2D eigenvalue weighted by Crippen LogP contribution is -2.28. The molecule has 30 heavy (non-hydrogen) atoms. The Bertz CT molecular complexity index is 1290. The van der Waals surface area contributed by atoms with Gasteiger partial charge in [-0.1, -0.05) is 36.4 Å². The molecule has 1 amide bonds. The van der Waals surface area contributed by atoms with Gasteiger partial charge in [-0.2, -0.15) is 0 Å². The third kappa shape index (κ3) is 3.71. The van der Waals surface area contributed by atoms with E-state index in [2.05, 4.69) is 10.3 Å². The zero-order valence-corrected chi connectivity index (χ0v) is 17.7. The minimum atomic E-state index is -0.321. The van der Waals surface area contributed by atoms with Gasteiger partial charge < -0.3 is 10.1 Å². The van der Waals surface area contributed by atoms with Gasteiger partial charge in [0.25, 0.3) is 5.56 Å². The fourth-order valence-corrected chi connectivity index (χ4v) is 4.55. The highest BCUT2D eigenvalue weighted by molar-refractivity contribution is 7.22. The zero-order chi connectivity index (χ0) is 21.3. The van der Waals surface area contributed by atoms with E-state index in [4.69, 9.17) is 4.74 Å². The molecule has 6 nitrogen and oxygen atoms in total. The van der Waals surface area contributed by atoms with Gasteiger partial charge in [0.05, 0.1) is 24.5 Å². The van der Waals surface area contributed by atoms with Gasteiger partial charge in [-0.3, -0.25) is 14.2 Å².